The van der Waals surface area contributed by atoms with Crippen LogP contribution in [0.25, 0.3) is 0 Å². The Bertz CT molecular complexity index is 176. The van der Waals surface area contributed by atoms with E-state index in [-0.39, 0.29) is 0 Å². The molecule has 0 N–H and O–H groups in total. The molecular weight excluding hydrogens is 430 g/mol. The quantitative estimate of drug-likeness (QED) is 0.364. The Morgan fingerprint density at radius 3 is 1.35 bits per heavy atom. The number of rotatable bonds is 10. The van der Waals surface area contributed by atoms with Crippen molar-refractivity contribution >= 4 is 38.4 Å². The molecule has 0 spiro atoms. The van der Waals surface area contributed by atoms with E-state index in [9.17, 15) is 0 Å². The van der Waals surface area contributed by atoms with Crippen molar-refractivity contribution in [1.82, 2.24) is 0 Å². The Morgan fingerprint density at radius 2 is 1.06 bits per heavy atom. The molecule has 0 aromatic heterocycles. The number of unbranched alkanes of at least 4 members (excludes halogenated alkanes) is 2. The molecule has 0 unspecified atom stereocenters. The van der Waals surface area contributed by atoms with Crippen molar-refractivity contribution in [2.75, 3.05) is 13.2 Å². The van der Waals surface area contributed by atoms with Crippen molar-refractivity contribution in [3.05, 3.63) is 0 Å². The van der Waals surface area contributed by atoms with Gasteiger partial charge in [-0.3, -0.25) is 0 Å². The number of hydrogen-bond donors (Lipinski definition) is 0. The van der Waals surface area contributed by atoms with Crippen molar-refractivity contribution in [2.24, 2.45) is 0 Å². The maximum absolute atomic E-state index is 6.29. The zero-order valence-corrected chi connectivity index (χ0v) is 18.2. The molecular formula is C12H30O3Sn2. The van der Waals surface area contributed by atoms with E-state index in [1.165, 1.54) is 12.8 Å². The fourth-order valence-corrected chi connectivity index (χ4v) is 33.8. The molecule has 0 fully saturated rings. The summed E-state index contributed by atoms with van der Waals surface area (Å²) < 4.78 is 18.2. The van der Waals surface area contributed by atoms with E-state index in [0.29, 0.717) is 0 Å². The predicted molar refractivity (Wildman–Crippen MR) is 77.8 cm³/mol. The molecule has 0 amide bonds. The first-order chi connectivity index (χ1) is 7.83. The van der Waals surface area contributed by atoms with Gasteiger partial charge in [-0.05, 0) is 0 Å². The van der Waals surface area contributed by atoms with E-state index in [4.69, 9.17) is 7.56 Å². The minimum absolute atomic E-state index is 0.858. The van der Waals surface area contributed by atoms with Crippen molar-refractivity contribution in [3.63, 3.8) is 0 Å². The van der Waals surface area contributed by atoms with Crippen LogP contribution >= 0.6 is 0 Å². The zero-order valence-electron chi connectivity index (χ0n) is 12.5. The van der Waals surface area contributed by atoms with Crippen LogP contribution < -0.4 is 0 Å². The normalized spacial score (nSPS) is 13.1. The molecule has 5 heteroatoms. The van der Waals surface area contributed by atoms with Crippen LogP contribution in [0.15, 0.2) is 0 Å². The Kier molecular flexibility index (Phi) is 10.2. The molecule has 0 aliphatic rings. The second-order valence-corrected chi connectivity index (χ2v) is 27.4. The fraction of sp³-hybridized carbons (Fsp3) is 1.00. The van der Waals surface area contributed by atoms with Gasteiger partial charge in [0.25, 0.3) is 0 Å². The molecule has 0 saturated heterocycles. The third kappa shape index (κ3) is 11.0. The fourth-order valence-electron chi connectivity index (χ4n) is 1.58. The maximum atomic E-state index is 6.29. The molecule has 17 heavy (non-hydrogen) atoms. The zero-order chi connectivity index (χ0) is 13.4. The summed E-state index contributed by atoms with van der Waals surface area (Å²) in [5.41, 5.74) is 0. The molecule has 0 saturated carbocycles. The summed E-state index contributed by atoms with van der Waals surface area (Å²) in [6, 6.07) is 0. The van der Waals surface area contributed by atoms with Gasteiger partial charge in [0.15, 0.2) is 0 Å². The summed E-state index contributed by atoms with van der Waals surface area (Å²) in [4.78, 5) is 8.80. The first-order valence-electron chi connectivity index (χ1n) is 6.81. The molecule has 0 bridgehead atoms. The Hall–Kier alpha value is 1.48. The summed E-state index contributed by atoms with van der Waals surface area (Å²) in [5, 5.41) is 0. The van der Waals surface area contributed by atoms with E-state index in [1.807, 2.05) is 0 Å². The van der Waals surface area contributed by atoms with E-state index in [0.717, 1.165) is 26.1 Å². The first kappa shape index (κ1) is 18.5. The summed E-state index contributed by atoms with van der Waals surface area (Å²) >= 11 is -5.44. The van der Waals surface area contributed by atoms with Gasteiger partial charge in [0.1, 0.15) is 0 Å². The van der Waals surface area contributed by atoms with Gasteiger partial charge in [0.2, 0.25) is 0 Å². The van der Waals surface area contributed by atoms with Crippen LogP contribution in [0.5, 0.6) is 0 Å². The van der Waals surface area contributed by atoms with Crippen molar-refractivity contribution in [3.8, 4) is 0 Å². The van der Waals surface area contributed by atoms with Crippen LogP contribution in [0.2, 0.25) is 19.8 Å². The Balaban J connectivity index is 3.99. The summed E-state index contributed by atoms with van der Waals surface area (Å²) in [6.45, 7) is 6.08. The molecule has 0 radical (unpaired) electrons. The predicted octanol–water partition coefficient (Wildman–Crippen LogP) is 4.04. The second kappa shape index (κ2) is 9.39. The van der Waals surface area contributed by atoms with Crippen LogP contribution in [0.3, 0.4) is 0 Å². The number of hydrogen-bond acceptors (Lipinski definition) is 3. The van der Waals surface area contributed by atoms with Gasteiger partial charge in [0, 0.05) is 0 Å². The van der Waals surface area contributed by atoms with Crippen LogP contribution in [0.4, 0.5) is 0 Å². The van der Waals surface area contributed by atoms with Gasteiger partial charge >= 0.3 is 118 Å². The van der Waals surface area contributed by atoms with Gasteiger partial charge in [-0.2, -0.15) is 0 Å². The van der Waals surface area contributed by atoms with Gasteiger partial charge < -0.3 is 0 Å². The van der Waals surface area contributed by atoms with Crippen molar-refractivity contribution in [1.29, 1.82) is 0 Å². The monoisotopic (exact) mass is 462 g/mol. The molecule has 0 atom stereocenters. The third-order valence-corrected chi connectivity index (χ3v) is 29.1. The first-order valence-corrected chi connectivity index (χ1v) is 22.9. The minimum atomic E-state index is -2.72. The Labute approximate surface area is 118 Å². The second-order valence-electron chi connectivity index (χ2n) is 5.31. The topological polar surface area (TPSA) is 27.7 Å². The molecule has 3 nitrogen and oxygen atoms in total. The third-order valence-electron chi connectivity index (χ3n) is 2.39. The molecule has 0 heterocycles. The van der Waals surface area contributed by atoms with Gasteiger partial charge in [0.05, 0.1) is 0 Å². The van der Waals surface area contributed by atoms with E-state index < -0.39 is 38.4 Å². The van der Waals surface area contributed by atoms with Gasteiger partial charge in [-0.1, -0.05) is 0 Å². The van der Waals surface area contributed by atoms with Crippen molar-refractivity contribution < 1.29 is 7.56 Å². The standard InChI is InChI=1S/2C4H9O.4CH3.O.2Sn/c2*1-2-3-4-5;;;;;;;/h2*2-4H2,1H3;4*1H3;;;/q2*-1;;;;;;2*+1. The molecule has 0 rings (SSSR count). The summed E-state index contributed by atoms with van der Waals surface area (Å²) in [5.74, 6) is 0. The van der Waals surface area contributed by atoms with Crippen molar-refractivity contribution in [2.45, 2.75) is 59.3 Å². The SMILES string of the molecule is CCCC[O][Sn]([CH3])([CH3])[O][Sn]([CH3])([CH3])[O]CCCC. The van der Waals surface area contributed by atoms with E-state index in [1.54, 1.807) is 0 Å². The summed E-state index contributed by atoms with van der Waals surface area (Å²) in [7, 11) is 0. The molecule has 0 aliphatic carbocycles. The summed E-state index contributed by atoms with van der Waals surface area (Å²) in [6.07, 6.45) is 4.63. The van der Waals surface area contributed by atoms with Gasteiger partial charge in [-0.15, -0.1) is 0 Å². The Morgan fingerprint density at radius 1 is 0.706 bits per heavy atom. The van der Waals surface area contributed by atoms with E-state index >= 15 is 0 Å². The van der Waals surface area contributed by atoms with Crippen LogP contribution in [-0.4, -0.2) is 51.6 Å². The molecule has 0 aliphatic heterocycles. The molecule has 0 aromatic carbocycles. The van der Waals surface area contributed by atoms with Crippen LogP contribution in [0, 0.1) is 0 Å². The van der Waals surface area contributed by atoms with Crippen LogP contribution in [0.1, 0.15) is 39.5 Å². The van der Waals surface area contributed by atoms with Gasteiger partial charge in [-0.25, -0.2) is 0 Å². The van der Waals surface area contributed by atoms with E-state index in [2.05, 4.69) is 33.6 Å². The molecule has 104 valence electrons. The van der Waals surface area contributed by atoms with Crippen LogP contribution in [-0.2, 0) is 7.56 Å². The average Bonchev–Trinajstić information content (AvgIpc) is 2.16. The average molecular weight is 460 g/mol. The molecule has 0 aromatic rings.